The molecule has 3 heteroatoms. The molecule has 0 bridgehead atoms. The van der Waals surface area contributed by atoms with Gasteiger partial charge in [-0.1, -0.05) is 0 Å². The second-order valence-corrected chi connectivity index (χ2v) is 4.90. The lowest BCUT2D eigenvalue weighted by Gasteiger charge is -2.33. The summed E-state index contributed by atoms with van der Waals surface area (Å²) in [7, 11) is 0. The first-order valence-electron chi connectivity index (χ1n) is 5.94. The van der Waals surface area contributed by atoms with Gasteiger partial charge in [0, 0.05) is 23.3 Å². The molecule has 1 aromatic heterocycles. The van der Waals surface area contributed by atoms with Gasteiger partial charge in [-0.2, -0.15) is 0 Å². The Kier molecular flexibility index (Phi) is 3.89. The lowest BCUT2D eigenvalue weighted by atomic mass is 10.1. The van der Waals surface area contributed by atoms with E-state index in [0.717, 1.165) is 17.3 Å². The summed E-state index contributed by atoms with van der Waals surface area (Å²) in [6.45, 7) is 14.9. The average Bonchev–Trinajstić information content (AvgIpc) is 2.12. The van der Waals surface area contributed by atoms with Crippen molar-refractivity contribution in [2.45, 2.75) is 60.5 Å². The Bertz CT molecular complexity index is 362. The van der Waals surface area contributed by atoms with Gasteiger partial charge in [0.1, 0.15) is 11.6 Å². The number of anilines is 1. The summed E-state index contributed by atoms with van der Waals surface area (Å²) in [6, 6.07) is 0.903. The molecule has 3 nitrogen and oxygen atoms in total. The maximum Gasteiger partial charge on any atom is 0.135 e. The van der Waals surface area contributed by atoms with E-state index in [9.17, 15) is 0 Å². The van der Waals surface area contributed by atoms with Crippen LogP contribution in [0.1, 0.15) is 44.8 Å². The van der Waals surface area contributed by atoms with E-state index in [1.54, 1.807) is 0 Å². The van der Waals surface area contributed by atoms with E-state index in [0.29, 0.717) is 12.1 Å². The summed E-state index contributed by atoms with van der Waals surface area (Å²) in [5.74, 6) is 1.93. The maximum absolute atomic E-state index is 4.59. The van der Waals surface area contributed by atoms with Crippen molar-refractivity contribution in [1.82, 2.24) is 9.97 Å². The molecule has 90 valence electrons. The molecule has 0 radical (unpaired) electrons. The van der Waals surface area contributed by atoms with Gasteiger partial charge in [-0.15, -0.1) is 0 Å². The SMILES string of the molecule is Cc1nc(C)c(C)c(N(C(C)C)C(C)C)n1. The van der Waals surface area contributed by atoms with E-state index < -0.39 is 0 Å². The normalized spacial score (nSPS) is 11.3. The van der Waals surface area contributed by atoms with E-state index in [-0.39, 0.29) is 0 Å². The van der Waals surface area contributed by atoms with Crippen LogP contribution < -0.4 is 4.90 Å². The summed E-state index contributed by atoms with van der Waals surface area (Å²) in [6.07, 6.45) is 0. The van der Waals surface area contributed by atoms with Crippen LogP contribution in [0.25, 0.3) is 0 Å². The van der Waals surface area contributed by atoms with Crippen molar-refractivity contribution in [2.24, 2.45) is 0 Å². The van der Waals surface area contributed by atoms with Gasteiger partial charge in [0.25, 0.3) is 0 Å². The van der Waals surface area contributed by atoms with Gasteiger partial charge in [0.05, 0.1) is 0 Å². The van der Waals surface area contributed by atoms with Gasteiger partial charge >= 0.3 is 0 Å². The Labute approximate surface area is 98.9 Å². The summed E-state index contributed by atoms with van der Waals surface area (Å²) in [5.41, 5.74) is 2.27. The standard InChI is InChI=1S/C13H23N3/c1-8(2)16(9(3)4)13-10(5)11(6)14-12(7)15-13/h8-9H,1-7H3. The summed E-state index contributed by atoms with van der Waals surface area (Å²) in [5, 5.41) is 0. The third-order valence-electron chi connectivity index (χ3n) is 2.83. The van der Waals surface area contributed by atoms with Gasteiger partial charge in [-0.05, 0) is 48.5 Å². The number of hydrogen-bond acceptors (Lipinski definition) is 3. The van der Waals surface area contributed by atoms with Crippen LogP contribution in [0.4, 0.5) is 5.82 Å². The molecular formula is C13H23N3. The molecule has 0 N–H and O–H groups in total. The van der Waals surface area contributed by atoms with Crippen LogP contribution in [-0.4, -0.2) is 22.1 Å². The highest BCUT2D eigenvalue weighted by molar-refractivity contribution is 5.49. The van der Waals surface area contributed by atoms with Crippen molar-refractivity contribution in [3.05, 3.63) is 17.1 Å². The minimum atomic E-state index is 0.451. The first-order valence-corrected chi connectivity index (χ1v) is 5.94. The van der Waals surface area contributed by atoms with Crippen LogP contribution in [0.3, 0.4) is 0 Å². The molecule has 0 spiro atoms. The molecule has 0 saturated heterocycles. The molecule has 0 aliphatic carbocycles. The van der Waals surface area contributed by atoms with Crippen LogP contribution in [0.5, 0.6) is 0 Å². The molecule has 0 amide bonds. The molecule has 1 heterocycles. The lowest BCUT2D eigenvalue weighted by molar-refractivity contribution is 0.595. The van der Waals surface area contributed by atoms with Gasteiger partial charge in [-0.3, -0.25) is 0 Å². The predicted molar refractivity (Wildman–Crippen MR) is 69.0 cm³/mol. The average molecular weight is 221 g/mol. The van der Waals surface area contributed by atoms with Crippen molar-refractivity contribution < 1.29 is 0 Å². The van der Waals surface area contributed by atoms with E-state index >= 15 is 0 Å². The molecule has 1 aromatic rings. The second kappa shape index (κ2) is 4.81. The first kappa shape index (κ1) is 12.9. The summed E-state index contributed by atoms with van der Waals surface area (Å²) >= 11 is 0. The van der Waals surface area contributed by atoms with Crippen LogP contribution in [0, 0.1) is 20.8 Å². The summed E-state index contributed by atoms with van der Waals surface area (Å²) in [4.78, 5) is 11.3. The molecule has 0 unspecified atom stereocenters. The molecule has 0 saturated carbocycles. The van der Waals surface area contributed by atoms with Gasteiger partial charge in [-0.25, -0.2) is 9.97 Å². The summed E-state index contributed by atoms with van der Waals surface area (Å²) < 4.78 is 0. The van der Waals surface area contributed by atoms with Crippen LogP contribution in [0.2, 0.25) is 0 Å². The molecular weight excluding hydrogens is 198 g/mol. The smallest absolute Gasteiger partial charge is 0.135 e. The third-order valence-corrected chi connectivity index (χ3v) is 2.83. The number of hydrogen-bond donors (Lipinski definition) is 0. The van der Waals surface area contributed by atoms with Crippen molar-refractivity contribution in [2.75, 3.05) is 4.90 Å². The Morgan fingerprint density at radius 2 is 1.38 bits per heavy atom. The third kappa shape index (κ3) is 2.52. The fourth-order valence-corrected chi connectivity index (χ4v) is 2.09. The molecule has 0 aliphatic heterocycles. The zero-order chi connectivity index (χ0) is 12.5. The predicted octanol–water partition coefficient (Wildman–Crippen LogP) is 3.03. The van der Waals surface area contributed by atoms with Crippen LogP contribution in [-0.2, 0) is 0 Å². The highest BCUT2D eigenvalue weighted by atomic mass is 15.2. The molecule has 0 atom stereocenters. The topological polar surface area (TPSA) is 29.0 Å². The van der Waals surface area contributed by atoms with Crippen molar-refractivity contribution >= 4 is 5.82 Å². The van der Waals surface area contributed by atoms with Crippen molar-refractivity contribution in [3.63, 3.8) is 0 Å². The number of nitrogens with zero attached hydrogens (tertiary/aromatic N) is 3. The monoisotopic (exact) mass is 221 g/mol. The van der Waals surface area contributed by atoms with Gasteiger partial charge in [0.15, 0.2) is 0 Å². The number of rotatable bonds is 3. The minimum absolute atomic E-state index is 0.451. The van der Waals surface area contributed by atoms with E-state index in [1.165, 1.54) is 5.56 Å². The highest BCUT2D eigenvalue weighted by Gasteiger charge is 2.19. The molecule has 0 aliphatic rings. The van der Waals surface area contributed by atoms with Gasteiger partial charge in [0.2, 0.25) is 0 Å². The van der Waals surface area contributed by atoms with E-state index in [4.69, 9.17) is 0 Å². The fourth-order valence-electron chi connectivity index (χ4n) is 2.09. The lowest BCUT2D eigenvalue weighted by Crippen LogP contribution is -2.38. The minimum Gasteiger partial charge on any atom is -0.351 e. The number of aromatic nitrogens is 2. The Morgan fingerprint density at radius 3 is 1.81 bits per heavy atom. The Morgan fingerprint density at radius 1 is 0.875 bits per heavy atom. The Balaban J connectivity index is 3.29. The number of aryl methyl sites for hydroxylation is 2. The van der Waals surface area contributed by atoms with Crippen LogP contribution in [0.15, 0.2) is 0 Å². The van der Waals surface area contributed by atoms with Crippen LogP contribution >= 0.6 is 0 Å². The second-order valence-electron chi connectivity index (χ2n) is 4.90. The zero-order valence-corrected chi connectivity index (χ0v) is 11.5. The quantitative estimate of drug-likeness (QED) is 0.785. The largest absolute Gasteiger partial charge is 0.351 e. The zero-order valence-electron chi connectivity index (χ0n) is 11.5. The van der Waals surface area contributed by atoms with Crippen molar-refractivity contribution in [3.8, 4) is 0 Å². The Hall–Kier alpha value is -1.12. The van der Waals surface area contributed by atoms with Gasteiger partial charge < -0.3 is 4.90 Å². The maximum atomic E-state index is 4.59. The molecule has 16 heavy (non-hydrogen) atoms. The molecule has 1 rings (SSSR count). The highest BCUT2D eigenvalue weighted by Crippen LogP contribution is 2.23. The molecule has 0 aromatic carbocycles. The van der Waals surface area contributed by atoms with Crippen molar-refractivity contribution in [1.29, 1.82) is 0 Å². The van der Waals surface area contributed by atoms with E-state index in [1.807, 2.05) is 13.8 Å². The first-order chi connectivity index (χ1) is 7.34. The molecule has 0 fully saturated rings. The van der Waals surface area contributed by atoms with E-state index in [2.05, 4.69) is 49.5 Å². The fraction of sp³-hybridized carbons (Fsp3) is 0.692.